The summed E-state index contributed by atoms with van der Waals surface area (Å²) in [6.07, 6.45) is -1.05. The molecule has 0 aromatic carbocycles. The predicted molar refractivity (Wildman–Crippen MR) is 46.7 cm³/mol. The fraction of sp³-hybridized carbons (Fsp3) is 0.444. The summed E-state index contributed by atoms with van der Waals surface area (Å²) >= 11 is 0. The van der Waals surface area contributed by atoms with E-state index in [1.165, 1.54) is 0 Å². The van der Waals surface area contributed by atoms with Crippen LogP contribution in [0.4, 0.5) is 13.2 Å². The largest absolute Gasteiger partial charge is 0.401 e. The molecule has 0 aliphatic carbocycles. The van der Waals surface area contributed by atoms with Crippen molar-refractivity contribution in [2.75, 3.05) is 6.54 Å². The van der Waals surface area contributed by atoms with E-state index in [1.54, 1.807) is 31.5 Å². The van der Waals surface area contributed by atoms with Gasteiger partial charge in [0.1, 0.15) is 0 Å². The third-order valence-electron chi connectivity index (χ3n) is 1.81. The highest BCUT2D eigenvalue weighted by atomic mass is 19.4. The third-order valence-corrected chi connectivity index (χ3v) is 1.81. The maximum atomic E-state index is 11.9. The molecule has 0 radical (unpaired) electrons. The second-order valence-electron chi connectivity index (χ2n) is 3.00. The predicted octanol–water partition coefficient (Wildman–Crippen LogP) is 2.29. The van der Waals surface area contributed by atoms with Crippen LogP contribution in [0.25, 0.3) is 0 Å². The molecule has 0 amide bonds. The number of pyridine rings is 1. The van der Waals surface area contributed by atoms with Crippen molar-refractivity contribution in [3.63, 3.8) is 0 Å². The molecule has 78 valence electrons. The van der Waals surface area contributed by atoms with Gasteiger partial charge in [0.05, 0.1) is 6.54 Å². The Morgan fingerprint density at radius 3 is 2.43 bits per heavy atom. The highest BCUT2D eigenvalue weighted by Crippen LogP contribution is 2.16. The van der Waals surface area contributed by atoms with Gasteiger partial charge in [-0.05, 0) is 24.6 Å². The Morgan fingerprint density at radius 2 is 1.93 bits per heavy atom. The monoisotopic (exact) mass is 204 g/mol. The van der Waals surface area contributed by atoms with Gasteiger partial charge in [-0.25, -0.2) is 0 Å². The van der Waals surface area contributed by atoms with Crippen molar-refractivity contribution in [1.29, 1.82) is 0 Å². The molecule has 0 bridgehead atoms. The number of hydrogen-bond donors (Lipinski definition) is 1. The lowest BCUT2D eigenvalue weighted by atomic mass is 10.1. The fourth-order valence-electron chi connectivity index (χ4n) is 1.04. The van der Waals surface area contributed by atoms with Gasteiger partial charge in [0.25, 0.3) is 0 Å². The van der Waals surface area contributed by atoms with E-state index >= 15 is 0 Å². The number of alkyl halides is 3. The Bertz CT molecular complexity index is 271. The molecular weight excluding hydrogens is 193 g/mol. The van der Waals surface area contributed by atoms with Crippen molar-refractivity contribution in [3.05, 3.63) is 30.1 Å². The van der Waals surface area contributed by atoms with Crippen LogP contribution in [-0.2, 0) is 0 Å². The zero-order chi connectivity index (χ0) is 10.6. The lowest BCUT2D eigenvalue weighted by molar-refractivity contribution is -0.126. The summed E-state index contributed by atoms with van der Waals surface area (Å²) in [6.45, 7) is 0.706. The van der Waals surface area contributed by atoms with Crippen molar-refractivity contribution < 1.29 is 13.2 Å². The maximum Gasteiger partial charge on any atom is 0.401 e. The van der Waals surface area contributed by atoms with Crippen LogP contribution in [0.15, 0.2) is 24.5 Å². The van der Waals surface area contributed by atoms with E-state index in [0.29, 0.717) is 0 Å². The minimum absolute atomic E-state index is 0.320. The molecule has 1 rings (SSSR count). The van der Waals surface area contributed by atoms with Gasteiger partial charge >= 0.3 is 6.18 Å². The summed E-state index contributed by atoms with van der Waals surface area (Å²) < 4.78 is 35.6. The molecular formula is C9H11F3N2. The highest BCUT2D eigenvalue weighted by molar-refractivity contribution is 5.13. The number of nitrogens with zero attached hydrogens (tertiary/aromatic N) is 1. The van der Waals surface area contributed by atoms with Crippen molar-refractivity contribution in [1.82, 2.24) is 10.3 Å². The summed E-state index contributed by atoms with van der Waals surface area (Å²) in [5, 5.41) is 2.39. The molecule has 0 spiro atoms. The van der Waals surface area contributed by atoms with Crippen LogP contribution in [0.3, 0.4) is 0 Å². The zero-order valence-corrected chi connectivity index (χ0v) is 7.67. The molecule has 14 heavy (non-hydrogen) atoms. The summed E-state index contributed by atoms with van der Waals surface area (Å²) in [5.74, 6) is 0. The average Bonchev–Trinajstić information content (AvgIpc) is 2.14. The molecule has 0 fully saturated rings. The van der Waals surface area contributed by atoms with Gasteiger partial charge in [-0.15, -0.1) is 0 Å². The smallest absolute Gasteiger partial charge is 0.302 e. The summed E-state index contributed by atoms with van der Waals surface area (Å²) in [6, 6.07) is 3.06. The average molecular weight is 204 g/mol. The van der Waals surface area contributed by atoms with Gasteiger partial charge in [0.15, 0.2) is 0 Å². The topological polar surface area (TPSA) is 24.9 Å². The molecule has 1 aromatic heterocycles. The summed E-state index contributed by atoms with van der Waals surface area (Å²) in [7, 11) is 0. The minimum Gasteiger partial charge on any atom is -0.302 e. The van der Waals surface area contributed by atoms with E-state index in [2.05, 4.69) is 10.3 Å². The third kappa shape index (κ3) is 3.74. The second kappa shape index (κ2) is 4.41. The first-order valence-corrected chi connectivity index (χ1v) is 4.19. The molecule has 1 aromatic rings. The Morgan fingerprint density at radius 1 is 1.36 bits per heavy atom. The summed E-state index contributed by atoms with van der Waals surface area (Å²) in [4.78, 5) is 3.79. The van der Waals surface area contributed by atoms with E-state index in [4.69, 9.17) is 0 Å². The van der Waals surface area contributed by atoms with Gasteiger partial charge in [-0.1, -0.05) is 0 Å². The van der Waals surface area contributed by atoms with E-state index in [9.17, 15) is 13.2 Å². The van der Waals surface area contributed by atoms with Crippen LogP contribution < -0.4 is 5.32 Å². The number of hydrogen-bond acceptors (Lipinski definition) is 2. The van der Waals surface area contributed by atoms with Gasteiger partial charge < -0.3 is 5.32 Å². The van der Waals surface area contributed by atoms with Crippen LogP contribution in [-0.4, -0.2) is 17.7 Å². The molecule has 0 saturated heterocycles. The molecule has 1 heterocycles. The number of halogens is 3. The lowest BCUT2D eigenvalue weighted by Crippen LogP contribution is -2.30. The van der Waals surface area contributed by atoms with Gasteiger partial charge in [0.2, 0.25) is 0 Å². The molecule has 5 heteroatoms. The first-order chi connectivity index (χ1) is 6.49. The highest BCUT2D eigenvalue weighted by Gasteiger charge is 2.27. The van der Waals surface area contributed by atoms with Crippen molar-refractivity contribution in [3.8, 4) is 0 Å². The van der Waals surface area contributed by atoms with Crippen LogP contribution >= 0.6 is 0 Å². The van der Waals surface area contributed by atoms with Crippen LogP contribution in [0, 0.1) is 0 Å². The first-order valence-electron chi connectivity index (χ1n) is 4.19. The standard InChI is InChI=1S/C9H11F3N2/c1-7(14-6-9(10,11)12)8-2-4-13-5-3-8/h2-5,7,14H,6H2,1H3. The van der Waals surface area contributed by atoms with E-state index in [-0.39, 0.29) is 6.04 Å². The fourth-order valence-corrected chi connectivity index (χ4v) is 1.04. The number of rotatable bonds is 3. The first kappa shape index (κ1) is 11.0. The van der Waals surface area contributed by atoms with Crippen LogP contribution in [0.1, 0.15) is 18.5 Å². The molecule has 1 unspecified atom stereocenters. The maximum absolute atomic E-state index is 11.9. The van der Waals surface area contributed by atoms with Crippen molar-refractivity contribution >= 4 is 0 Å². The molecule has 2 nitrogen and oxygen atoms in total. The second-order valence-corrected chi connectivity index (χ2v) is 3.00. The van der Waals surface area contributed by atoms with Crippen LogP contribution in [0.2, 0.25) is 0 Å². The Hall–Kier alpha value is -1.10. The van der Waals surface area contributed by atoms with Gasteiger partial charge in [0, 0.05) is 18.4 Å². The Balaban J connectivity index is 2.48. The number of nitrogens with one attached hydrogen (secondary N) is 1. The SMILES string of the molecule is CC(NCC(F)(F)F)c1ccncc1. The quantitative estimate of drug-likeness (QED) is 0.817. The van der Waals surface area contributed by atoms with Crippen molar-refractivity contribution in [2.45, 2.75) is 19.1 Å². The zero-order valence-electron chi connectivity index (χ0n) is 7.67. The summed E-state index contributed by atoms with van der Waals surface area (Å²) in [5.41, 5.74) is 0.796. The van der Waals surface area contributed by atoms with Gasteiger partial charge in [-0.2, -0.15) is 13.2 Å². The van der Waals surface area contributed by atoms with Crippen LogP contribution in [0.5, 0.6) is 0 Å². The van der Waals surface area contributed by atoms with E-state index in [0.717, 1.165) is 5.56 Å². The molecule has 0 aliphatic heterocycles. The Kier molecular flexibility index (Phi) is 3.46. The van der Waals surface area contributed by atoms with E-state index < -0.39 is 12.7 Å². The normalized spacial score (nSPS) is 14.0. The van der Waals surface area contributed by atoms with E-state index in [1.807, 2.05) is 0 Å². The van der Waals surface area contributed by atoms with Gasteiger partial charge in [-0.3, -0.25) is 4.98 Å². The minimum atomic E-state index is -4.17. The molecule has 0 saturated carbocycles. The van der Waals surface area contributed by atoms with Crippen molar-refractivity contribution in [2.24, 2.45) is 0 Å². The Labute approximate surface area is 80.2 Å². The number of aromatic nitrogens is 1. The molecule has 0 aliphatic rings. The molecule has 1 N–H and O–H groups in total. The lowest BCUT2D eigenvalue weighted by Gasteiger charge is -2.15. The molecule has 1 atom stereocenters.